The number of rotatable bonds is 5. The van der Waals surface area contributed by atoms with Crippen molar-refractivity contribution in [2.75, 3.05) is 11.9 Å². The van der Waals surface area contributed by atoms with E-state index in [9.17, 15) is 14.9 Å². The summed E-state index contributed by atoms with van der Waals surface area (Å²) in [5.74, 6) is -0.208. The number of nitro groups is 1. The van der Waals surface area contributed by atoms with Crippen LogP contribution < -0.4 is 10.6 Å². The van der Waals surface area contributed by atoms with Gasteiger partial charge in [0, 0.05) is 6.54 Å². The molecular formula is C12H14N4O3S. The van der Waals surface area contributed by atoms with Gasteiger partial charge in [-0.2, -0.15) is 0 Å². The number of likely N-dealkylation sites (N-methyl/N-ethyl adjacent to an activating group) is 1. The number of nitrogens with one attached hydrogen (secondary N) is 2. The zero-order valence-corrected chi connectivity index (χ0v) is 11.9. The van der Waals surface area contributed by atoms with Gasteiger partial charge < -0.3 is 10.6 Å². The molecule has 0 bridgehead atoms. The lowest BCUT2D eigenvalue weighted by Crippen LogP contribution is -2.37. The third-order valence-electron chi connectivity index (χ3n) is 2.77. The van der Waals surface area contributed by atoms with Gasteiger partial charge in [0.2, 0.25) is 5.91 Å². The van der Waals surface area contributed by atoms with Crippen molar-refractivity contribution in [1.29, 1.82) is 0 Å². The maximum Gasteiger partial charge on any atom is 0.319 e. The molecule has 0 fully saturated rings. The molecule has 1 unspecified atom stereocenters. The molecule has 1 heterocycles. The predicted octanol–water partition coefficient (Wildman–Crippen LogP) is 2.14. The fourth-order valence-electron chi connectivity index (χ4n) is 1.84. The van der Waals surface area contributed by atoms with Crippen molar-refractivity contribution < 1.29 is 9.72 Å². The van der Waals surface area contributed by atoms with Gasteiger partial charge in [-0.05, 0) is 26.0 Å². The average molecular weight is 294 g/mol. The van der Waals surface area contributed by atoms with Crippen molar-refractivity contribution in [3.63, 3.8) is 0 Å². The second kappa shape index (κ2) is 5.83. The third kappa shape index (κ3) is 2.69. The zero-order valence-electron chi connectivity index (χ0n) is 11.0. The first-order valence-corrected chi connectivity index (χ1v) is 6.97. The number of aromatic nitrogens is 1. The fourth-order valence-corrected chi connectivity index (χ4v) is 2.52. The summed E-state index contributed by atoms with van der Waals surface area (Å²) in [4.78, 5) is 26.5. The van der Waals surface area contributed by atoms with Gasteiger partial charge in [-0.3, -0.25) is 14.9 Å². The summed E-state index contributed by atoms with van der Waals surface area (Å²) in [6.07, 6.45) is 0. The van der Waals surface area contributed by atoms with Crippen molar-refractivity contribution in [1.82, 2.24) is 10.3 Å². The smallest absolute Gasteiger partial charge is 0.319 e. The summed E-state index contributed by atoms with van der Waals surface area (Å²) in [5, 5.41) is 16.8. The Morgan fingerprint density at radius 1 is 1.55 bits per heavy atom. The molecule has 0 aliphatic carbocycles. The van der Waals surface area contributed by atoms with Crippen LogP contribution in [-0.4, -0.2) is 28.4 Å². The summed E-state index contributed by atoms with van der Waals surface area (Å²) in [6, 6.07) is 2.80. The van der Waals surface area contributed by atoms with Gasteiger partial charge in [-0.15, -0.1) is 11.3 Å². The molecule has 2 rings (SSSR count). The van der Waals surface area contributed by atoms with Crippen LogP contribution in [0.4, 0.5) is 11.4 Å². The maximum atomic E-state index is 11.7. The van der Waals surface area contributed by atoms with E-state index < -0.39 is 11.0 Å². The second-order valence-corrected chi connectivity index (χ2v) is 5.06. The van der Waals surface area contributed by atoms with Crippen LogP contribution in [0.1, 0.15) is 13.8 Å². The predicted molar refractivity (Wildman–Crippen MR) is 78.0 cm³/mol. The average Bonchev–Trinajstić information content (AvgIpc) is 2.86. The number of nitrogens with zero attached hydrogens (tertiary/aromatic N) is 2. The molecule has 1 amide bonds. The summed E-state index contributed by atoms with van der Waals surface area (Å²) < 4.78 is 0.743. The van der Waals surface area contributed by atoms with E-state index in [0.29, 0.717) is 17.7 Å². The number of hydrogen-bond acceptors (Lipinski definition) is 6. The molecule has 7 nitrogen and oxygen atoms in total. The minimum atomic E-state index is -0.565. The minimum Gasteiger partial charge on any atom is -0.368 e. The van der Waals surface area contributed by atoms with Crippen molar-refractivity contribution in [2.45, 2.75) is 19.9 Å². The molecular weight excluding hydrogens is 280 g/mol. The fraction of sp³-hybridized carbons (Fsp3) is 0.333. The van der Waals surface area contributed by atoms with Crippen molar-refractivity contribution in [3.8, 4) is 0 Å². The van der Waals surface area contributed by atoms with E-state index in [1.807, 2.05) is 6.92 Å². The second-order valence-electron chi connectivity index (χ2n) is 4.18. The van der Waals surface area contributed by atoms with Gasteiger partial charge in [0.25, 0.3) is 0 Å². The molecule has 0 saturated carbocycles. The lowest BCUT2D eigenvalue weighted by Gasteiger charge is -2.14. The lowest BCUT2D eigenvalue weighted by molar-refractivity contribution is -0.382. The molecule has 0 aliphatic rings. The molecule has 2 N–H and O–H groups in total. The quantitative estimate of drug-likeness (QED) is 0.650. The van der Waals surface area contributed by atoms with Crippen LogP contribution >= 0.6 is 11.3 Å². The highest BCUT2D eigenvalue weighted by molar-refractivity contribution is 7.16. The van der Waals surface area contributed by atoms with Gasteiger partial charge in [-0.1, -0.05) is 0 Å². The number of carbonyl (C=O) groups excluding carboxylic acids is 1. The number of hydrogen-bond donors (Lipinski definition) is 2. The van der Waals surface area contributed by atoms with Gasteiger partial charge in [-0.25, -0.2) is 4.98 Å². The number of thiazole rings is 1. The highest BCUT2D eigenvalue weighted by atomic mass is 32.1. The number of benzene rings is 1. The van der Waals surface area contributed by atoms with Gasteiger partial charge in [0.1, 0.15) is 11.7 Å². The van der Waals surface area contributed by atoms with Crippen LogP contribution in [0.3, 0.4) is 0 Å². The van der Waals surface area contributed by atoms with Crippen LogP contribution in [0.2, 0.25) is 0 Å². The normalized spacial score (nSPS) is 12.1. The Hall–Kier alpha value is -2.22. The van der Waals surface area contributed by atoms with Crippen molar-refractivity contribution in [2.24, 2.45) is 0 Å². The van der Waals surface area contributed by atoms with E-state index in [2.05, 4.69) is 15.6 Å². The molecule has 106 valence electrons. The van der Waals surface area contributed by atoms with Crippen LogP contribution in [-0.2, 0) is 4.79 Å². The minimum absolute atomic E-state index is 0.0973. The highest BCUT2D eigenvalue weighted by Crippen LogP contribution is 2.34. The first kappa shape index (κ1) is 14.2. The Morgan fingerprint density at radius 2 is 2.30 bits per heavy atom. The first-order chi connectivity index (χ1) is 9.54. The molecule has 1 atom stereocenters. The molecule has 20 heavy (non-hydrogen) atoms. The van der Waals surface area contributed by atoms with E-state index >= 15 is 0 Å². The number of anilines is 1. The van der Waals surface area contributed by atoms with Crippen LogP contribution in [0.15, 0.2) is 17.6 Å². The maximum absolute atomic E-state index is 11.7. The zero-order chi connectivity index (χ0) is 14.7. The van der Waals surface area contributed by atoms with E-state index in [4.69, 9.17) is 0 Å². The topological polar surface area (TPSA) is 97.2 Å². The molecule has 1 aromatic carbocycles. The number of nitro benzene ring substituents is 1. The van der Waals surface area contributed by atoms with Crippen molar-refractivity contribution >= 4 is 38.8 Å². The first-order valence-electron chi connectivity index (χ1n) is 6.09. The standard InChI is InChI=1S/C12H14N4O3S/c1-3-13-12(17)7(2)15-8-4-5-9-10(14-6-20-9)11(8)16(18)19/h4-7,15H,3H2,1-2H3,(H,13,17). The number of fused-ring (bicyclic) bond motifs is 1. The highest BCUT2D eigenvalue weighted by Gasteiger charge is 2.23. The molecule has 8 heteroatoms. The lowest BCUT2D eigenvalue weighted by atomic mass is 10.2. The molecule has 1 aromatic heterocycles. The van der Waals surface area contributed by atoms with E-state index in [-0.39, 0.29) is 11.6 Å². The molecule has 0 radical (unpaired) electrons. The number of amides is 1. The molecule has 0 spiro atoms. The van der Waals surface area contributed by atoms with Gasteiger partial charge in [0.05, 0.1) is 15.1 Å². The van der Waals surface area contributed by atoms with Gasteiger partial charge in [0.15, 0.2) is 5.52 Å². The summed E-state index contributed by atoms with van der Waals surface area (Å²) in [6.45, 7) is 3.98. The van der Waals surface area contributed by atoms with Gasteiger partial charge >= 0.3 is 5.69 Å². The van der Waals surface area contributed by atoms with Crippen LogP contribution in [0.5, 0.6) is 0 Å². The number of carbonyl (C=O) groups is 1. The Balaban J connectivity index is 2.36. The third-order valence-corrected chi connectivity index (χ3v) is 3.57. The Labute approximate surface area is 119 Å². The molecule has 2 aromatic rings. The Kier molecular flexibility index (Phi) is 4.14. The summed E-state index contributed by atoms with van der Waals surface area (Å²) in [7, 11) is 0. The molecule has 0 aliphatic heterocycles. The van der Waals surface area contributed by atoms with E-state index in [0.717, 1.165) is 4.70 Å². The van der Waals surface area contributed by atoms with E-state index in [1.54, 1.807) is 24.6 Å². The van der Waals surface area contributed by atoms with Crippen molar-refractivity contribution in [3.05, 3.63) is 27.8 Å². The Morgan fingerprint density at radius 3 is 2.95 bits per heavy atom. The summed E-state index contributed by atoms with van der Waals surface area (Å²) >= 11 is 1.34. The summed E-state index contributed by atoms with van der Waals surface area (Å²) in [5.41, 5.74) is 2.11. The van der Waals surface area contributed by atoms with Crippen LogP contribution in [0.25, 0.3) is 10.2 Å². The molecule has 0 saturated heterocycles. The monoisotopic (exact) mass is 294 g/mol. The SMILES string of the molecule is CCNC(=O)C(C)Nc1ccc2scnc2c1[N+](=O)[O-]. The largest absolute Gasteiger partial charge is 0.368 e. The van der Waals surface area contributed by atoms with E-state index in [1.165, 1.54) is 11.3 Å². The Bertz CT molecular complexity index is 655. The van der Waals surface area contributed by atoms with Crippen LogP contribution in [0, 0.1) is 10.1 Å².